The molecule has 0 aliphatic heterocycles. The van der Waals surface area contributed by atoms with Gasteiger partial charge in [0.25, 0.3) is 0 Å². The van der Waals surface area contributed by atoms with Gasteiger partial charge >= 0.3 is 5.97 Å². The Morgan fingerprint density at radius 1 is 0.509 bits per heavy atom. The van der Waals surface area contributed by atoms with E-state index in [0.717, 1.165) is 57.8 Å². The Bertz CT molecular complexity index is 832. The van der Waals surface area contributed by atoms with Crippen molar-refractivity contribution < 1.29 is 24.5 Å². The maximum absolute atomic E-state index is 13.1. The Morgan fingerprint density at radius 2 is 0.873 bits per heavy atom. The maximum Gasteiger partial charge on any atom is 0.306 e. The van der Waals surface area contributed by atoms with Crippen molar-refractivity contribution in [2.24, 2.45) is 0 Å². The van der Waals surface area contributed by atoms with Gasteiger partial charge in [-0.05, 0) is 51.4 Å². The van der Waals surface area contributed by atoms with E-state index in [4.69, 9.17) is 4.74 Å². The monoisotopic (exact) mass is 778 g/mol. The fourth-order valence-corrected chi connectivity index (χ4v) is 7.60. The number of amides is 1. The molecule has 0 aromatic carbocycles. The van der Waals surface area contributed by atoms with Gasteiger partial charge in [-0.15, -0.1) is 0 Å². The van der Waals surface area contributed by atoms with Gasteiger partial charge in [0.1, 0.15) is 6.10 Å². The highest BCUT2D eigenvalue weighted by molar-refractivity contribution is 5.77. The van der Waals surface area contributed by atoms with Crippen molar-refractivity contribution in [3.63, 3.8) is 0 Å². The summed E-state index contributed by atoms with van der Waals surface area (Å²) in [4.78, 5) is 26.0. The van der Waals surface area contributed by atoms with Crippen LogP contribution in [0.1, 0.15) is 265 Å². The van der Waals surface area contributed by atoms with Crippen LogP contribution in [0.25, 0.3) is 0 Å². The van der Waals surface area contributed by atoms with Gasteiger partial charge in [-0.3, -0.25) is 9.59 Å². The summed E-state index contributed by atoms with van der Waals surface area (Å²) >= 11 is 0. The molecule has 0 aliphatic rings. The standard InChI is InChI=1S/C49H95NO5/c1-4-7-10-13-16-19-22-24-26-28-31-34-37-40-45(55-49(54)42-39-36-33-30-25-21-18-15-12-9-6-3)43-48(53)50-46(44-51)47(52)41-38-35-32-29-27-23-20-17-14-11-8-5-2/h19,22,45-47,51-52H,4-18,20-21,23-44H2,1-3H3,(H,50,53)/b22-19-. The highest BCUT2D eigenvalue weighted by Gasteiger charge is 2.24. The van der Waals surface area contributed by atoms with Crippen molar-refractivity contribution in [2.45, 2.75) is 283 Å². The molecule has 0 fully saturated rings. The van der Waals surface area contributed by atoms with Crippen molar-refractivity contribution in [1.29, 1.82) is 0 Å². The molecule has 3 N–H and O–H groups in total. The lowest BCUT2D eigenvalue weighted by atomic mass is 10.0. The number of hydrogen-bond donors (Lipinski definition) is 3. The lowest BCUT2D eigenvalue weighted by Gasteiger charge is -2.24. The zero-order valence-corrected chi connectivity index (χ0v) is 37.1. The molecule has 0 radical (unpaired) electrons. The van der Waals surface area contributed by atoms with Gasteiger partial charge in [0.15, 0.2) is 0 Å². The number of aliphatic hydroxyl groups excluding tert-OH is 2. The predicted molar refractivity (Wildman–Crippen MR) is 237 cm³/mol. The number of aliphatic hydroxyl groups is 2. The lowest BCUT2D eigenvalue weighted by molar-refractivity contribution is -0.151. The lowest BCUT2D eigenvalue weighted by Crippen LogP contribution is -2.46. The average Bonchev–Trinajstić information content (AvgIpc) is 3.18. The number of unbranched alkanes of at least 4 members (excludes halogenated alkanes) is 30. The normalized spacial score (nSPS) is 13.3. The third-order valence-corrected chi connectivity index (χ3v) is 11.3. The molecule has 55 heavy (non-hydrogen) atoms. The predicted octanol–water partition coefficient (Wildman–Crippen LogP) is 14.2. The first-order valence-corrected chi connectivity index (χ1v) is 24.4. The number of esters is 1. The molecule has 0 heterocycles. The molecule has 0 aliphatic carbocycles. The van der Waals surface area contributed by atoms with Crippen molar-refractivity contribution in [3.05, 3.63) is 12.2 Å². The molecule has 326 valence electrons. The fourth-order valence-electron chi connectivity index (χ4n) is 7.60. The van der Waals surface area contributed by atoms with E-state index in [-0.39, 0.29) is 24.9 Å². The van der Waals surface area contributed by atoms with Crippen LogP contribution in [0.2, 0.25) is 0 Å². The average molecular weight is 778 g/mol. The van der Waals surface area contributed by atoms with Crippen LogP contribution in [0.4, 0.5) is 0 Å². The van der Waals surface area contributed by atoms with Crippen molar-refractivity contribution >= 4 is 11.9 Å². The molecule has 1 amide bonds. The molecule has 0 rings (SSSR count). The minimum atomic E-state index is -0.782. The van der Waals surface area contributed by atoms with Crippen LogP contribution in [0.3, 0.4) is 0 Å². The minimum absolute atomic E-state index is 0.0782. The minimum Gasteiger partial charge on any atom is -0.462 e. The SMILES string of the molecule is CCCCCC/C=C\CCCCCCCC(CC(=O)NC(CO)C(O)CCCCCCCCCCCCCC)OC(=O)CCCCCCCCCCCCC. The largest absolute Gasteiger partial charge is 0.462 e. The first-order valence-electron chi connectivity index (χ1n) is 24.4. The first-order chi connectivity index (χ1) is 27.0. The van der Waals surface area contributed by atoms with E-state index in [2.05, 4.69) is 38.2 Å². The molecular formula is C49H95NO5. The Balaban J connectivity index is 4.56. The summed E-state index contributed by atoms with van der Waals surface area (Å²) in [7, 11) is 0. The van der Waals surface area contributed by atoms with E-state index in [9.17, 15) is 19.8 Å². The van der Waals surface area contributed by atoms with E-state index < -0.39 is 18.2 Å². The number of carbonyl (C=O) groups excluding carboxylic acids is 2. The summed E-state index contributed by atoms with van der Waals surface area (Å²) in [5.74, 6) is -0.470. The highest BCUT2D eigenvalue weighted by atomic mass is 16.5. The third kappa shape index (κ3) is 39.2. The molecular weight excluding hydrogens is 683 g/mol. The van der Waals surface area contributed by atoms with Crippen molar-refractivity contribution in [3.8, 4) is 0 Å². The molecule has 3 unspecified atom stereocenters. The Hall–Kier alpha value is -1.40. The molecule has 0 saturated heterocycles. The number of hydrogen-bond acceptors (Lipinski definition) is 5. The van der Waals surface area contributed by atoms with E-state index >= 15 is 0 Å². The summed E-state index contributed by atoms with van der Waals surface area (Å²) in [6, 6.07) is -0.696. The number of allylic oxidation sites excluding steroid dienone is 2. The molecule has 3 atom stereocenters. The van der Waals surface area contributed by atoms with Crippen molar-refractivity contribution in [1.82, 2.24) is 5.32 Å². The summed E-state index contributed by atoms with van der Waals surface area (Å²) in [6.45, 7) is 6.47. The third-order valence-electron chi connectivity index (χ3n) is 11.3. The van der Waals surface area contributed by atoms with E-state index in [0.29, 0.717) is 19.3 Å². The number of ether oxygens (including phenoxy) is 1. The smallest absolute Gasteiger partial charge is 0.306 e. The van der Waals surface area contributed by atoms with Gasteiger partial charge in [-0.25, -0.2) is 0 Å². The highest BCUT2D eigenvalue weighted by Crippen LogP contribution is 2.18. The van der Waals surface area contributed by atoms with Crippen LogP contribution in [-0.2, 0) is 14.3 Å². The maximum atomic E-state index is 13.1. The topological polar surface area (TPSA) is 95.9 Å². The number of nitrogens with one attached hydrogen (secondary N) is 1. The molecule has 0 aromatic heterocycles. The number of rotatable bonds is 44. The molecule has 0 aromatic rings. The van der Waals surface area contributed by atoms with E-state index in [1.807, 2.05) is 0 Å². The molecule has 0 saturated carbocycles. The molecule has 0 bridgehead atoms. The first kappa shape index (κ1) is 53.6. The van der Waals surface area contributed by atoms with Crippen LogP contribution in [-0.4, -0.2) is 46.9 Å². The van der Waals surface area contributed by atoms with Crippen LogP contribution in [0, 0.1) is 0 Å². The Kier molecular flexibility index (Phi) is 42.6. The Morgan fingerprint density at radius 3 is 1.31 bits per heavy atom. The van der Waals surface area contributed by atoms with Gasteiger partial charge in [0.05, 0.1) is 25.2 Å². The zero-order chi connectivity index (χ0) is 40.3. The van der Waals surface area contributed by atoms with E-state index in [1.54, 1.807) is 0 Å². The zero-order valence-electron chi connectivity index (χ0n) is 37.1. The summed E-state index contributed by atoms with van der Waals surface area (Å²) < 4.78 is 5.91. The van der Waals surface area contributed by atoms with Gasteiger partial charge in [0.2, 0.25) is 5.91 Å². The second kappa shape index (κ2) is 43.7. The van der Waals surface area contributed by atoms with Crippen molar-refractivity contribution in [2.75, 3.05) is 6.61 Å². The molecule has 6 nitrogen and oxygen atoms in total. The summed E-state index contributed by atoms with van der Waals surface area (Å²) in [6.07, 6.45) is 46.9. The quantitative estimate of drug-likeness (QED) is 0.0325. The van der Waals surface area contributed by atoms with E-state index in [1.165, 1.54) is 161 Å². The van der Waals surface area contributed by atoms with Crippen LogP contribution in [0.15, 0.2) is 12.2 Å². The molecule has 0 spiro atoms. The summed E-state index contributed by atoms with van der Waals surface area (Å²) in [5, 5.41) is 23.7. The molecule has 6 heteroatoms. The number of carbonyl (C=O) groups is 2. The van der Waals surface area contributed by atoms with Crippen LogP contribution in [0.5, 0.6) is 0 Å². The Labute approximate surface area is 342 Å². The van der Waals surface area contributed by atoms with Gasteiger partial charge in [-0.2, -0.15) is 0 Å². The van der Waals surface area contributed by atoms with Gasteiger partial charge < -0.3 is 20.3 Å². The van der Waals surface area contributed by atoms with Gasteiger partial charge in [-0.1, -0.05) is 213 Å². The van der Waals surface area contributed by atoms with Gasteiger partial charge in [0, 0.05) is 6.42 Å². The van der Waals surface area contributed by atoms with Crippen LogP contribution < -0.4 is 5.32 Å². The second-order valence-electron chi connectivity index (χ2n) is 16.9. The summed E-state index contributed by atoms with van der Waals surface area (Å²) in [5.41, 5.74) is 0. The second-order valence-corrected chi connectivity index (χ2v) is 16.9. The van der Waals surface area contributed by atoms with Crippen LogP contribution >= 0.6 is 0 Å². The fraction of sp³-hybridized carbons (Fsp3) is 0.918.